The van der Waals surface area contributed by atoms with Gasteiger partial charge in [-0.15, -0.1) is 0 Å². The zero-order chi connectivity index (χ0) is 47.9. The van der Waals surface area contributed by atoms with Gasteiger partial charge in [-0.05, 0) is 141 Å². The number of nitrogens with one attached hydrogen (secondary N) is 1. The summed E-state index contributed by atoms with van der Waals surface area (Å²) in [6, 6.07) is 19.9. The van der Waals surface area contributed by atoms with E-state index < -0.39 is 5.97 Å². The number of rotatable bonds is 8. The number of likely N-dealkylation sites (tertiary alicyclic amines) is 1. The highest BCUT2D eigenvalue weighted by molar-refractivity contribution is 6.06. The van der Waals surface area contributed by atoms with Gasteiger partial charge in [-0.25, -0.2) is 23.8 Å². The summed E-state index contributed by atoms with van der Waals surface area (Å²) in [6.07, 6.45) is 14.4. The molecule has 6 aliphatic rings. The van der Waals surface area contributed by atoms with Crippen LogP contribution in [0, 0.1) is 27.7 Å². The molecule has 2 saturated carbocycles. The Hall–Kier alpha value is -6.48. The topological polar surface area (TPSA) is 171 Å². The number of nitrogens with zero attached hydrogens (tertiary/aromatic N) is 9. The Labute approximate surface area is 410 Å². The molecule has 0 unspecified atom stereocenters. The summed E-state index contributed by atoms with van der Waals surface area (Å²) in [5.74, 6) is 0.396. The number of piperidine rings is 2. The number of aromatic carboxylic acids is 1. The average molecular weight is 949 g/mol. The molecule has 2 aromatic carbocycles. The highest BCUT2D eigenvalue weighted by atomic mass is 16.4. The maximum atomic E-state index is 14.0. The first-order chi connectivity index (χ1) is 33.4. The fraction of sp³-hybridized carbons (Fsp3) is 0.491. The van der Waals surface area contributed by atoms with Crippen LogP contribution in [0.5, 0.6) is 0 Å². The molecule has 2 N–H and O–H groups in total. The molecule has 4 aliphatic heterocycles. The van der Waals surface area contributed by atoms with E-state index in [4.69, 9.17) is 25.3 Å². The minimum atomic E-state index is -0.988. The van der Waals surface area contributed by atoms with Crippen LogP contribution in [0.1, 0.15) is 187 Å². The Bertz CT molecular complexity index is 2940. The lowest BCUT2D eigenvalue weighted by atomic mass is 9.97. The number of fused-ring (bicyclic) bond motifs is 2. The molecule has 6 fully saturated rings. The van der Waals surface area contributed by atoms with Gasteiger partial charge in [-0.2, -0.15) is 10.2 Å². The van der Waals surface area contributed by atoms with Crippen molar-refractivity contribution >= 4 is 46.4 Å². The van der Waals surface area contributed by atoms with Gasteiger partial charge in [0.05, 0.1) is 46.0 Å². The van der Waals surface area contributed by atoms with Crippen molar-refractivity contribution in [3.8, 4) is 0 Å². The van der Waals surface area contributed by atoms with Crippen molar-refractivity contribution in [1.82, 2.24) is 39.4 Å². The predicted octanol–water partition coefficient (Wildman–Crippen LogP) is 9.90. The Morgan fingerprint density at radius 3 is 1.63 bits per heavy atom. The molecule has 4 aromatic heterocycles. The molecule has 0 radical (unpaired) electrons. The number of benzene rings is 2. The Kier molecular flexibility index (Phi) is 14.2. The predicted molar refractivity (Wildman–Crippen MR) is 271 cm³/mol. The second-order valence-corrected chi connectivity index (χ2v) is 20.0. The normalized spacial score (nSPS) is 20.3. The van der Waals surface area contributed by atoms with Crippen molar-refractivity contribution in [2.45, 2.75) is 149 Å². The molecule has 2 aliphatic carbocycles. The Morgan fingerprint density at radius 1 is 0.586 bits per heavy atom. The van der Waals surface area contributed by atoms with E-state index in [1.54, 1.807) is 21.9 Å². The van der Waals surface area contributed by atoms with E-state index in [9.17, 15) is 19.2 Å². The number of carboxylic acids is 1. The number of anilines is 2. The van der Waals surface area contributed by atoms with Crippen molar-refractivity contribution < 1.29 is 24.3 Å². The number of carboxylic acid groups (broad SMARTS) is 1. The number of amides is 3. The number of hydrogen-bond acceptors (Lipinski definition) is 9. The first-order valence-electron chi connectivity index (χ1n) is 25.2. The summed E-state index contributed by atoms with van der Waals surface area (Å²) >= 11 is 0. The first-order valence-corrected chi connectivity index (χ1v) is 25.2. The molecule has 15 nitrogen and oxygen atoms in total. The second kappa shape index (κ2) is 20.5. The van der Waals surface area contributed by atoms with Gasteiger partial charge >= 0.3 is 5.97 Å². The molecule has 0 bridgehead atoms. The largest absolute Gasteiger partial charge is 0.478 e. The van der Waals surface area contributed by atoms with Crippen LogP contribution in [0.25, 0.3) is 11.3 Å². The maximum absolute atomic E-state index is 14.0. The SMILES string of the molecule is C.Cc1cc(C2CC2)nc2cc([C@@H]3CCCCN3)nn12.Cc1ccc(N2CCCC2=O)c(C(=O)N2CCCC[C@H]2c2cc3nc(C4CC4)cc(C)n3n2)c1.Cc1ccc(N2CCCC2=O)c(C(=O)O)c1. The maximum Gasteiger partial charge on any atom is 0.337 e. The van der Waals surface area contributed by atoms with Crippen LogP contribution in [0.2, 0.25) is 0 Å². The minimum absolute atomic E-state index is 0. The third-order valence-corrected chi connectivity index (χ3v) is 14.5. The first kappa shape index (κ1) is 48.5. The van der Waals surface area contributed by atoms with Crippen LogP contribution in [0.3, 0.4) is 0 Å². The van der Waals surface area contributed by atoms with Crippen molar-refractivity contribution in [2.24, 2.45) is 0 Å². The summed E-state index contributed by atoms with van der Waals surface area (Å²) in [5.41, 5.74) is 12.6. The fourth-order valence-corrected chi connectivity index (χ4v) is 10.5. The summed E-state index contributed by atoms with van der Waals surface area (Å²) in [5, 5.41) is 22.3. The van der Waals surface area contributed by atoms with E-state index in [2.05, 4.69) is 43.4 Å². The van der Waals surface area contributed by atoms with Gasteiger partial charge in [0.25, 0.3) is 5.91 Å². The Balaban J connectivity index is 0.000000143. The number of aryl methyl sites for hydroxylation is 4. The Morgan fingerprint density at radius 2 is 1.11 bits per heavy atom. The van der Waals surface area contributed by atoms with Crippen molar-refractivity contribution in [2.75, 3.05) is 36.0 Å². The van der Waals surface area contributed by atoms with Crippen LogP contribution in [-0.4, -0.2) is 89.1 Å². The third kappa shape index (κ3) is 10.2. The van der Waals surface area contributed by atoms with Gasteiger partial charge in [-0.1, -0.05) is 37.1 Å². The van der Waals surface area contributed by atoms with Crippen LogP contribution < -0.4 is 15.1 Å². The number of hydrogen-bond donors (Lipinski definition) is 2. The molecular formula is C55H68N10O5. The van der Waals surface area contributed by atoms with Gasteiger partial charge in [-0.3, -0.25) is 14.4 Å². The van der Waals surface area contributed by atoms with E-state index in [1.165, 1.54) is 56.3 Å². The molecule has 15 heteroatoms. The monoisotopic (exact) mass is 949 g/mol. The number of carbonyl (C=O) groups excluding carboxylic acids is 3. The fourth-order valence-electron chi connectivity index (χ4n) is 10.5. The number of carbonyl (C=O) groups is 4. The minimum Gasteiger partial charge on any atom is -0.478 e. The van der Waals surface area contributed by atoms with E-state index >= 15 is 0 Å². The molecule has 8 heterocycles. The summed E-state index contributed by atoms with van der Waals surface area (Å²) in [4.78, 5) is 64.1. The highest BCUT2D eigenvalue weighted by Gasteiger charge is 2.35. The molecule has 3 amide bonds. The smallest absolute Gasteiger partial charge is 0.337 e. The molecule has 12 rings (SSSR count). The summed E-state index contributed by atoms with van der Waals surface area (Å²) in [6.45, 7) is 11.1. The lowest BCUT2D eigenvalue weighted by molar-refractivity contribution is -0.117. The van der Waals surface area contributed by atoms with Crippen LogP contribution in [-0.2, 0) is 9.59 Å². The van der Waals surface area contributed by atoms with Crippen molar-refractivity contribution in [3.63, 3.8) is 0 Å². The molecule has 70 heavy (non-hydrogen) atoms. The zero-order valence-electron chi connectivity index (χ0n) is 40.4. The van der Waals surface area contributed by atoms with E-state index in [1.807, 2.05) is 52.0 Å². The zero-order valence-corrected chi connectivity index (χ0v) is 40.4. The van der Waals surface area contributed by atoms with E-state index in [0.717, 1.165) is 89.5 Å². The van der Waals surface area contributed by atoms with Gasteiger partial charge in [0, 0.05) is 79.2 Å². The molecule has 4 saturated heterocycles. The van der Waals surface area contributed by atoms with E-state index in [0.29, 0.717) is 61.6 Å². The second-order valence-electron chi connectivity index (χ2n) is 20.0. The average Bonchev–Trinajstić information content (AvgIpc) is 4.20. The lowest BCUT2D eigenvalue weighted by Gasteiger charge is -2.35. The van der Waals surface area contributed by atoms with Crippen LogP contribution in [0.15, 0.2) is 60.7 Å². The lowest BCUT2D eigenvalue weighted by Crippen LogP contribution is -2.39. The highest BCUT2D eigenvalue weighted by Crippen LogP contribution is 2.41. The van der Waals surface area contributed by atoms with Gasteiger partial charge in [0.2, 0.25) is 11.8 Å². The molecule has 6 aromatic rings. The van der Waals surface area contributed by atoms with Gasteiger partial charge in [0.1, 0.15) is 0 Å². The number of aromatic nitrogens is 6. The van der Waals surface area contributed by atoms with Crippen LogP contribution in [0.4, 0.5) is 11.4 Å². The van der Waals surface area contributed by atoms with Gasteiger partial charge in [0.15, 0.2) is 11.3 Å². The van der Waals surface area contributed by atoms with Crippen LogP contribution >= 0.6 is 0 Å². The summed E-state index contributed by atoms with van der Waals surface area (Å²) < 4.78 is 3.91. The quantitative estimate of drug-likeness (QED) is 0.150. The van der Waals surface area contributed by atoms with Crippen molar-refractivity contribution in [3.05, 3.63) is 117 Å². The van der Waals surface area contributed by atoms with Gasteiger partial charge < -0.3 is 25.1 Å². The standard InChI is InChI=1S/C27H31N5O2.C15H20N4.C12H13NO3.CH4/c1-17-8-11-23(30-13-5-7-26(30)33)20(14-17)27(34)31-12-4-3-6-24(31)22-16-25-28-21(19-9-10-19)15-18(2)32(25)29-22;1-10-8-13(11-5-6-11)17-15-9-14(18-19(10)15)12-4-2-3-7-16-12;1-8-4-5-10(9(7-8)12(15)16)13-6-2-3-11(13)14;/h8,11,14-16,19,24H,3-7,9-10,12-13H2,1-2H3;8-9,11-12,16H,2-7H2,1H3;4-5,7H,2-3,6H2,1H3,(H,15,16);1H4/t24-;12-;;/m00../s1. The van der Waals surface area contributed by atoms with E-state index in [-0.39, 0.29) is 36.8 Å². The molecular weight excluding hydrogens is 881 g/mol. The molecule has 368 valence electrons. The summed E-state index contributed by atoms with van der Waals surface area (Å²) in [7, 11) is 0. The van der Waals surface area contributed by atoms with Crippen molar-refractivity contribution in [1.29, 1.82) is 0 Å². The molecule has 2 atom stereocenters. The third-order valence-electron chi connectivity index (χ3n) is 14.5. The molecule has 0 spiro atoms.